The van der Waals surface area contributed by atoms with E-state index in [1.54, 1.807) is 24.3 Å². The Hall–Kier alpha value is -3.10. The highest BCUT2D eigenvalue weighted by Crippen LogP contribution is 2.37. The minimum atomic E-state index is -0.679. The van der Waals surface area contributed by atoms with Crippen LogP contribution in [0.1, 0.15) is 5.56 Å². The smallest absolute Gasteiger partial charge is 0.270 e. The van der Waals surface area contributed by atoms with E-state index in [0.717, 1.165) is 4.90 Å². The molecule has 3 N–H and O–H groups in total. The lowest BCUT2D eigenvalue weighted by molar-refractivity contribution is -0.122. The molecule has 1 heterocycles. The summed E-state index contributed by atoms with van der Waals surface area (Å²) in [6.07, 6.45) is 1.27. The van der Waals surface area contributed by atoms with Gasteiger partial charge in [0.25, 0.3) is 11.8 Å². The Kier molecular flexibility index (Phi) is 5.02. The predicted molar refractivity (Wildman–Crippen MR) is 104 cm³/mol. The van der Waals surface area contributed by atoms with Crippen molar-refractivity contribution in [3.63, 3.8) is 0 Å². The fourth-order valence-electron chi connectivity index (χ4n) is 2.50. The Bertz CT molecular complexity index is 988. The number of phenols is 2. The molecule has 1 saturated heterocycles. The molecule has 9 heteroatoms. The molecule has 0 unspecified atom stereocenters. The van der Waals surface area contributed by atoms with Crippen LogP contribution in [-0.2, 0) is 9.59 Å². The Morgan fingerprint density at radius 1 is 1.19 bits per heavy atom. The van der Waals surface area contributed by atoms with Gasteiger partial charge in [-0.3, -0.25) is 19.8 Å². The third-order valence-corrected chi connectivity index (χ3v) is 4.33. The first-order valence-corrected chi connectivity index (χ1v) is 8.37. The molecule has 0 atom stereocenters. The van der Waals surface area contributed by atoms with Gasteiger partial charge in [0.1, 0.15) is 5.57 Å². The number of hydrogen-bond acceptors (Lipinski definition) is 6. The zero-order chi connectivity index (χ0) is 19.7. The molecule has 0 aliphatic carbocycles. The number of aromatic hydroxyl groups is 2. The fraction of sp³-hybridized carbons (Fsp3) is 0.0556. The lowest BCUT2D eigenvalue weighted by Gasteiger charge is -2.29. The number of nitrogens with zero attached hydrogens (tertiary/aromatic N) is 1. The number of carbonyl (C=O) groups is 2. The second-order valence-corrected chi connectivity index (χ2v) is 6.35. The van der Waals surface area contributed by atoms with Gasteiger partial charge in [0, 0.05) is 5.02 Å². The topological polar surface area (TPSA) is 99.1 Å². The summed E-state index contributed by atoms with van der Waals surface area (Å²) in [5, 5.41) is 22.4. The van der Waals surface area contributed by atoms with E-state index in [0.29, 0.717) is 10.7 Å². The molecule has 0 bridgehead atoms. The van der Waals surface area contributed by atoms with E-state index in [4.69, 9.17) is 28.6 Å². The van der Waals surface area contributed by atoms with E-state index >= 15 is 0 Å². The quantitative estimate of drug-likeness (QED) is 0.315. The van der Waals surface area contributed by atoms with Gasteiger partial charge in [-0.15, -0.1) is 0 Å². The van der Waals surface area contributed by atoms with E-state index in [2.05, 4.69) is 5.32 Å². The number of benzene rings is 2. The minimum Gasteiger partial charge on any atom is -0.504 e. The average Bonchev–Trinajstić information content (AvgIpc) is 2.62. The molecule has 2 aromatic carbocycles. The van der Waals surface area contributed by atoms with Crippen LogP contribution in [0.25, 0.3) is 6.08 Å². The van der Waals surface area contributed by atoms with E-state index < -0.39 is 23.3 Å². The van der Waals surface area contributed by atoms with Gasteiger partial charge in [0.05, 0.1) is 12.8 Å². The first-order chi connectivity index (χ1) is 12.8. The maximum Gasteiger partial charge on any atom is 0.270 e. The van der Waals surface area contributed by atoms with Crippen molar-refractivity contribution in [1.82, 2.24) is 5.32 Å². The van der Waals surface area contributed by atoms with Gasteiger partial charge in [-0.2, -0.15) is 0 Å². The highest BCUT2D eigenvalue weighted by Gasteiger charge is 2.34. The number of halogens is 1. The minimum absolute atomic E-state index is 0.00408. The molecule has 7 nitrogen and oxygen atoms in total. The molecular weight excluding hydrogens is 392 g/mol. The summed E-state index contributed by atoms with van der Waals surface area (Å²) >= 11 is 11.0. The fourth-order valence-corrected chi connectivity index (χ4v) is 2.91. The molecule has 0 radical (unpaired) electrons. The molecule has 2 aromatic rings. The first-order valence-electron chi connectivity index (χ1n) is 7.59. The molecule has 138 valence electrons. The van der Waals surface area contributed by atoms with Crippen molar-refractivity contribution in [3.8, 4) is 17.2 Å². The van der Waals surface area contributed by atoms with E-state index in [-0.39, 0.29) is 22.0 Å². The number of ether oxygens (including phenoxy) is 1. The van der Waals surface area contributed by atoms with Gasteiger partial charge < -0.3 is 14.9 Å². The van der Waals surface area contributed by atoms with Crippen LogP contribution >= 0.6 is 23.8 Å². The Labute approximate surface area is 164 Å². The van der Waals surface area contributed by atoms with Gasteiger partial charge in [0.2, 0.25) is 5.75 Å². The van der Waals surface area contributed by atoms with Crippen molar-refractivity contribution >= 4 is 52.5 Å². The maximum atomic E-state index is 12.9. The summed E-state index contributed by atoms with van der Waals surface area (Å²) in [5.74, 6) is -2.21. The van der Waals surface area contributed by atoms with Crippen LogP contribution in [0.15, 0.2) is 42.0 Å². The number of rotatable bonds is 3. The van der Waals surface area contributed by atoms with Gasteiger partial charge in [-0.1, -0.05) is 11.6 Å². The van der Waals surface area contributed by atoms with Crippen molar-refractivity contribution < 1.29 is 24.5 Å². The molecule has 1 aliphatic heterocycles. The second-order valence-electron chi connectivity index (χ2n) is 5.53. The average molecular weight is 405 g/mol. The second kappa shape index (κ2) is 7.26. The van der Waals surface area contributed by atoms with Crippen LogP contribution in [0.2, 0.25) is 5.02 Å². The molecule has 0 aromatic heterocycles. The first kappa shape index (κ1) is 18.7. The Morgan fingerprint density at radius 2 is 1.85 bits per heavy atom. The van der Waals surface area contributed by atoms with Crippen molar-refractivity contribution in [3.05, 3.63) is 52.6 Å². The van der Waals surface area contributed by atoms with E-state index in [1.807, 2.05) is 0 Å². The molecule has 2 amide bonds. The summed E-state index contributed by atoms with van der Waals surface area (Å²) in [6.45, 7) is 0. The number of anilines is 1. The zero-order valence-electron chi connectivity index (χ0n) is 13.9. The normalized spacial score (nSPS) is 15.9. The molecule has 27 heavy (non-hydrogen) atoms. The molecule has 3 rings (SSSR count). The van der Waals surface area contributed by atoms with Crippen molar-refractivity contribution in [1.29, 1.82) is 0 Å². The van der Waals surface area contributed by atoms with Gasteiger partial charge in [-0.05, 0) is 60.3 Å². The maximum absolute atomic E-state index is 12.9. The van der Waals surface area contributed by atoms with Gasteiger partial charge in [-0.25, -0.2) is 0 Å². The number of thiocarbonyl (C=S) groups is 1. The summed E-state index contributed by atoms with van der Waals surface area (Å²) in [6, 6.07) is 8.95. The number of phenolic OH excluding ortho intramolecular Hbond substituents is 2. The number of nitrogens with one attached hydrogen (secondary N) is 1. The van der Waals surface area contributed by atoms with E-state index in [1.165, 1.54) is 25.3 Å². The monoisotopic (exact) mass is 404 g/mol. The third kappa shape index (κ3) is 3.57. The summed E-state index contributed by atoms with van der Waals surface area (Å²) in [4.78, 5) is 26.3. The highest BCUT2D eigenvalue weighted by atomic mass is 35.5. The molecule has 1 aliphatic rings. The Morgan fingerprint density at radius 3 is 2.48 bits per heavy atom. The predicted octanol–water partition coefficient (Wildman–Crippen LogP) is 2.59. The van der Waals surface area contributed by atoms with Crippen LogP contribution in [0, 0.1) is 0 Å². The van der Waals surface area contributed by atoms with Crippen molar-refractivity contribution in [2.24, 2.45) is 0 Å². The zero-order valence-corrected chi connectivity index (χ0v) is 15.5. The third-order valence-electron chi connectivity index (χ3n) is 3.79. The SMILES string of the molecule is COc1cc(/C=C2/C(=O)NC(=S)N(c3ccc(Cl)cc3)C2=O)cc(O)c1O. The van der Waals surface area contributed by atoms with E-state index in [9.17, 15) is 19.8 Å². The van der Waals surface area contributed by atoms with Crippen LogP contribution in [0.4, 0.5) is 5.69 Å². The number of amides is 2. The lowest BCUT2D eigenvalue weighted by atomic mass is 10.1. The number of methoxy groups -OCH3 is 1. The summed E-state index contributed by atoms with van der Waals surface area (Å²) in [5.41, 5.74) is 0.515. The molecular formula is C18H13ClN2O5S. The summed E-state index contributed by atoms with van der Waals surface area (Å²) in [7, 11) is 1.31. The summed E-state index contributed by atoms with van der Waals surface area (Å²) < 4.78 is 4.96. The number of hydrogen-bond donors (Lipinski definition) is 3. The standard InChI is InChI=1S/C18H13ClN2O5S/c1-26-14-8-9(7-13(22)15(14)23)6-12-16(24)20-18(27)21(17(12)25)11-4-2-10(19)3-5-11/h2-8,22-23H,1H3,(H,20,24,27)/b12-6-. The molecule has 0 spiro atoms. The molecule has 1 fully saturated rings. The van der Waals surface area contributed by atoms with Crippen LogP contribution in [-0.4, -0.2) is 34.2 Å². The van der Waals surface area contributed by atoms with Crippen LogP contribution in [0.5, 0.6) is 17.2 Å². The van der Waals surface area contributed by atoms with Crippen LogP contribution in [0.3, 0.4) is 0 Å². The largest absolute Gasteiger partial charge is 0.504 e. The van der Waals surface area contributed by atoms with Gasteiger partial charge in [0.15, 0.2) is 16.6 Å². The number of carbonyl (C=O) groups excluding carboxylic acids is 2. The Balaban J connectivity index is 2.04. The van der Waals surface area contributed by atoms with Gasteiger partial charge >= 0.3 is 0 Å². The van der Waals surface area contributed by atoms with Crippen molar-refractivity contribution in [2.45, 2.75) is 0 Å². The molecule has 0 saturated carbocycles. The van der Waals surface area contributed by atoms with Crippen molar-refractivity contribution in [2.75, 3.05) is 12.0 Å². The lowest BCUT2D eigenvalue weighted by Crippen LogP contribution is -2.54. The highest BCUT2D eigenvalue weighted by molar-refractivity contribution is 7.80. The van der Waals surface area contributed by atoms with Crippen LogP contribution < -0.4 is 15.0 Å².